The molecule has 0 bridgehead atoms. The van der Waals surface area contributed by atoms with Gasteiger partial charge in [-0.05, 0) is 75.5 Å². The number of morpholine rings is 1. The summed E-state index contributed by atoms with van der Waals surface area (Å²) in [5, 5.41) is 4.64. The number of fused-ring (bicyclic) bond motifs is 3. The van der Waals surface area contributed by atoms with Gasteiger partial charge in [-0.25, -0.2) is 13.4 Å². The van der Waals surface area contributed by atoms with Crippen molar-refractivity contribution in [2.24, 2.45) is 17.8 Å². The van der Waals surface area contributed by atoms with E-state index in [4.69, 9.17) is 19.2 Å². The van der Waals surface area contributed by atoms with Crippen LogP contribution in [0.5, 0.6) is 11.6 Å². The number of anilines is 1. The number of amides is 3. The number of carbonyl (C=O) groups is 3. The van der Waals surface area contributed by atoms with Crippen LogP contribution in [-0.2, 0) is 29.1 Å². The highest BCUT2D eigenvalue weighted by Gasteiger charge is 2.63. The minimum Gasteiger partial charge on any atom is -0.497 e. The van der Waals surface area contributed by atoms with Gasteiger partial charge in [0.1, 0.15) is 23.4 Å². The number of hydrogen-bond acceptors (Lipinski definition) is 10. The number of methoxy groups -OCH3 is 1. The van der Waals surface area contributed by atoms with Gasteiger partial charge in [0.2, 0.25) is 27.7 Å². The van der Waals surface area contributed by atoms with Crippen molar-refractivity contribution >= 4 is 44.2 Å². The van der Waals surface area contributed by atoms with Crippen LogP contribution >= 0.6 is 0 Å². The lowest BCUT2D eigenvalue weighted by atomic mass is 9.91. The normalized spacial score (nSPS) is 31.3. The maximum absolute atomic E-state index is 14.3. The molecule has 1 aromatic heterocycles. The van der Waals surface area contributed by atoms with Crippen molar-refractivity contribution in [1.82, 2.24) is 19.9 Å². The van der Waals surface area contributed by atoms with E-state index in [1.807, 2.05) is 30.4 Å². The predicted molar refractivity (Wildman–Crippen MR) is 195 cm³/mol. The third kappa shape index (κ3) is 7.20. The van der Waals surface area contributed by atoms with Gasteiger partial charge in [0, 0.05) is 42.6 Å². The minimum absolute atomic E-state index is 0.105. The molecule has 0 radical (unpaired) electrons. The van der Waals surface area contributed by atoms with E-state index in [-0.39, 0.29) is 43.6 Å². The van der Waals surface area contributed by atoms with E-state index in [0.717, 1.165) is 48.8 Å². The lowest BCUT2D eigenvalue weighted by molar-refractivity contribution is -0.140. The molecule has 0 unspecified atom stereocenters. The number of rotatable bonds is 7. The van der Waals surface area contributed by atoms with Crippen LogP contribution in [0.3, 0.4) is 0 Å². The highest BCUT2D eigenvalue weighted by Crippen LogP contribution is 2.48. The van der Waals surface area contributed by atoms with Gasteiger partial charge in [-0.15, -0.1) is 0 Å². The zero-order chi connectivity index (χ0) is 36.8. The van der Waals surface area contributed by atoms with Gasteiger partial charge in [0.05, 0.1) is 43.5 Å². The molecule has 2 N–H and O–H groups in total. The van der Waals surface area contributed by atoms with Crippen LogP contribution in [-0.4, -0.2) is 98.4 Å². The van der Waals surface area contributed by atoms with Crippen LogP contribution in [0.4, 0.5) is 5.69 Å². The molecular weight excluding hydrogens is 687 g/mol. The maximum Gasteiger partial charge on any atom is 0.259 e. The van der Waals surface area contributed by atoms with Crippen LogP contribution in [0.15, 0.2) is 36.5 Å². The van der Waals surface area contributed by atoms with Gasteiger partial charge in [-0.1, -0.05) is 26.0 Å². The third-order valence-electron chi connectivity index (χ3n) is 11.7. The fraction of sp³-hybridized carbons (Fsp3) is 0.632. The van der Waals surface area contributed by atoms with Crippen molar-refractivity contribution in [3.05, 3.63) is 36.5 Å². The summed E-state index contributed by atoms with van der Waals surface area (Å²) in [6, 6.07) is 4.81. The SMILES string of the molecule is COc1ccc2c(O[C@@H]3C[C@H]4C(=O)N[C@]5(C(=O)NS(=O)(=O)C6(C)CC6)C[C@H]5/C=C\CC[C@@H](C)C[C@@H](C)CC(=O)N4C3)ncc(N3CCOCC3)c2c1. The number of aromatic nitrogens is 1. The van der Waals surface area contributed by atoms with Gasteiger partial charge in [-0.2, -0.15) is 0 Å². The Bertz CT molecular complexity index is 1860. The molecule has 2 aliphatic carbocycles. The summed E-state index contributed by atoms with van der Waals surface area (Å²) in [7, 11) is -2.31. The first-order valence-corrected chi connectivity index (χ1v) is 20.1. The highest BCUT2D eigenvalue weighted by molar-refractivity contribution is 7.91. The molecule has 2 saturated heterocycles. The molecule has 1 aromatic carbocycles. The molecular formula is C38H51N5O8S. The van der Waals surface area contributed by atoms with Crippen LogP contribution in [0.1, 0.15) is 72.1 Å². The molecule has 0 spiro atoms. The molecule has 2 aromatic rings. The van der Waals surface area contributed by atoms with Crippen LogP contribution in [0.25, 0.3) is 10.8 Å². The zero-order valence-electron chi connectivity index (χ0n) is 30.6. The lowest BCUT2D eigenvalue weighted by Crippen LogP contribution is -2.57. The summed E-state index contributed by atoms with van der Waals surface area (Å²) in [4.78, 5) is 50.6. The smallest absolute Gasteiger partial charge is 0.259 e. The Hall–Kier alpha value is -3.91. The first-order chi connectivity index (χ1) is 24.8. The van der Waals surface area contributed by atoms with Gasteiger partial charge >= 0.3 is 0 Å². The Kier molecular flexibility index (Phi) is 9.92. The fourth-order valence-corrected chi connectivity index (χ4v) is 9.35. The summed E-state index contributed by atoms with van der Waals surface area (Å²) in [5.74, 6) is -0.188. The summed E-state index contributed by atoms with van der Waals surface area (Å²) in [6.07, 6.45) is 9.43. The van der Waals surface area contributed by atoms with Crippen molar-refractivity contribution in [1.29, 1.82) is 0 Å². The van der Waals surface area contributed by atoms with Gasteiger partial charge < -0.3 is 29.3 Å². The van der Waals surface area contributed by atoms with E-state index in [2.05, 4.69) is 28.8 Å². The molecule has 282 valence electrons. The quantitative estimate of drug-likeness (QED) is 0.402. The van der Waals surface area contributed by atoms with Gasteiger partial charge in [0.15, 0.2) is 0 Å². The Morgan fingerprint density at radius 3 is 2.60 bits per heavy atom. The minimum atomic E-state index is -3.93. The Labute approximate surface area is 305 Å². The fourth-order valence-electron chi connectivity index (χ4n) is 8.03. The van der Waals surface area contributed by atoms with Gasteiger partial charge in [0.25, 0.3) is 5.91 Å². The van der Waals surface area contributed by atoms with Gasteiger partial charge in [-0.3, -0.25) is 19.1 Å². The van der Waals surface area contributed by atoms with Crippen molar-refractivity contribution in [3.63, 3.8) is 0 Å². The number of ether oxygens (including phenoxy) is 3. The third-order valence-corrected chi connectivity index (χ3v) is 13.8. The molecule has 6 atom stereocenters. The molecule has 4 heterocycles. The number of carbonyl (C=O) groups excluding carboxylic acids is 3. The first-order valence-electron chi connectivity index (χ1n) is 18.6. The number of allylic oxidation sites excluding steroid dienone is 1. The molecule has 3 aliphatic heterocycles. The van der Waals surface area contributed by atoms with E-state index in [1.54, 1.807) is 25.1 Å². The molecule has 52 heavy (non-hydrogen) atoms. The van der Waals surface area contributed by atoms with E-state index in [0.29, 0.717) is 43.6 Å². The Balaban J connectivity index is 1.17. The Morgan fingerprint density at radius 2 is 1.87 bits per heavy atom. The van der Waals surface area contributed by atoms with Crippen molar-refractivity contribution < 1.29 is 37.0 Å². The summed E-state index contributed by atoms with van der Waals surface area (Å²) >= 11 is 0. The van der Waals surface area contributed by atoms with E-state index in [9.17, 15) is 22.8 Å². The molecule has 2 saturated carbocycles. The monoisotopic (exact) mass is 737 g/mol. The largest absolute Gasteiger partial charge is 0.497 e. The number of hydrogen-bond donors (Lipinski definition) is 2. The molecule has 3 amide bonds. The molecule has 5 aliphatic rings. The maximum atomic E-state index is 14.3. The van der Waals surface area contributed by atoms with Crippen LogP contribution in [0.2, 0.25) is 0 Å². The van der Waals surface area contributed by atoms with E-state index < -0.39 is 44.3 Å². The molecule has 7 rings (SSSR count). The Morgan fingerprint density at radius 1 is 1.10 bits per heavy atom. The number of nitrogens with zero attached hydrogens (tertiary/aromatic N) is 3. The second-order valence-electron chi connectivity index (χ2n) is 15.8. The predicted octanol–water partition coefficient (Wildman–Crippen LogP) is 3.70. The number of nitrogens with one attached hydrogen (secondary N) is 2. The van der Waals surface area contributed by atoms with Crippen molar-refractivity contribution in [2.75, 3.05) is 44.9 Å². The van der Waals surface area contributed by atoms with Crippen LogP contribution in [0, 0.1) is 17.8 Å². The lowest BCUT2D eigenvalue weighted by Gasteiger charge is -2.30. The topological polar surface area (TPSA) is 156 Å². The average molecular weight is 738 g/mol. The van der Waals surface area contributed by atoms with Crippen molar-refractivity contribution in [2.45, 2.75) is 94.6 Å². The average Bonchev–Trinajstić information content (AvgIpc) is 4.00. The van der Waals surface area contributed by atoms with Crippen molar-refractivity contribution in [3.8, 4) is 11.6 Å². The summed E-state index contributed by atoms with van der Waals surface area (Å²) in [5.41, 5.74) is -0.485. The second-order valence-corrected chi connectivity index (χ2v) is 18.0. The summed E-state index contributed by atoms with van der Waals surface area (Å²) < 4.78 is 45.2. The van der Waals surface area contributed by atoms with E-state index >= 15 is 0 Å². The zero-order valence-corrected chi connectivity index (χ0v) is 31.4. The van der Waals surface area contributed by atoms with E-state index in [1.165, 1.54) is 0 Å². The number of benzene rings is 1. The molecule has 14 heteroatoms. The highest BCUT2D eigenvalue weighted by atomic mass is 32.2. The standard InChI is InChI=1S/C38H51N5O8S/c1-24-7-5-6-8-26-21-38(26,36(46)41-52(47,48)37(3)11-12-37)40-34(45)31-20-28(23-43(31)33(44)18-25(2)17-24)51-35-29-10-9-27(49-4)19-30(29)32(22-39-35)42-13-15-50-16-14-42/h6,8-10,19,22,24-26,28,31H,5,7,11-18,20-21,23H2,1-4H3,(H,40,45)(H,41,46)/b8-6-/t24-,25-,26-,28-,31+,38-/m1/s1. The summed E-state index contributed by atoms with van der Waals surface area (Å²) in [6.45, 7) is 8.71. The second kappa shape index (κ2) is 14.1. The molecule has 4 fully saturated rings. The first kappa shape index (κ1) is 36.4. The van der Waals surface area contributed by atoms with Crippen LogP contribution < -0.4 is 24.4 Å². The number of sulfonamides is 1. The molecule has 13 nitrogen and oxygen atoms in total. The number of pyridine rings is 1.